The first kappa shape index (κ1) is 14.9. The predicted octanol–water partition coefficient (Wildman–Crippen LogP) is 3.86. The van der Waals surface area contributed by atoms with Gasteiger partial charge in [-0.05, 0) is 47.3 Å². The van der Waals surface area contributed by atoms with Gasteiger partial charge in [0, 0.05) is 24.2 Å². The average molecular weight is 355 g/mol. The van der Waals surface area contributed by atoms with Crippen molar-refractivity contribution in [3.05, 3.63) is 40.1 Å². The number of carbonyl (C=O) groups excluding carboxylic acids is 1. The van der Waals surface area contributed by atoms with Gasteiger partial charge in [0.05, 0.1) is 10.6 Å². The zero-order valence-corrected chi connectivity index (χ0v) is 13.1. The Morgan fingerprint density at radius 1 is 1.33 bits per heavy atom. The molecule has 2 aliphatic rings. The molecule has 0 N–H and O–H groups in total. The standard InChI is InChI=1S/C16H16BrFO3/c17-13-5-3-4-11(16(13)18)12-8-10(9-14(12)19)21-15-6-1-2-7-20-15/h3-5,8,10,15H,1-2,6-7,9H2/t10-,15?/m0/s1. The Kier molecular flexibility index (Phi) is 4.52. The van der Waals surface area contributed by atoms with Crippen LogP contribution in [0.25, 0.3) is 5.57 Å². The van der Waals surface area contributed by atoms with Crippen LogP contribution in [0.2, 0.25) is 0 Å². The summed E-state index contributed by atoms with van der Waals surface area (Å²) in [5.74, 6) is -0.500. The molecule has 0 radical (unpaired) electrons. The van der Waals surface area contributed by atoms with Crippen molar-refractivity contribution in [1.82, 2.24) is 0 Å². The predicted molar refractivity (Wildman–Crippen MR) is 80.2 cm³/mol. The molecule has 0 saturated carbocycles. The van der Waals surface area contributed by atoms with Crippen molar-refractivity contribution in [2.24, 2.45) is 0 Å². The maximum Gasteiger partial charge on any atom is 0.166 e. The molecule has 3 nitrogen and oxygen atoms in total. The van der Waals surface area contributed by atoms with Gasteiger partial charge < -0.3 is 9.47 Å². The van der Waals surface area contributed by atoms with Gasteiger partial charge in [-0.1, -0.05) is 12.1 Å². The minimum absolute atomic E-state index is 0.0900. The van der Waals surface area contributed by atoms with Crippen LogP contribution in [0.4, 0.5) is 4.39 Å². The van der Waals surface area contributed by atoms with Gasteiger partial charge in [-0.15, -0.1) is 0 Å². The molecule has 0 bridgehead atoms. The van der Waals surface area contributed by atoms with Gasteiger partial charge in [-0.3, -0.25) is 4.79 Å². The third kappa shape index (κ3) is 3.25. The molecular weight excluding hydrogens is 339 g/mol. The zero-order chi connectivity index (χ0) is 14.8. The molecule has 0 spiro atoms. The van der Waals surface area contributed by atoms with E-state index in [-0.39, 0.29) is 24.6 Å². The van der Waals surface area contributed by atoms with Crippen LogP contribution in [0.5, 0.6) is 0 Å². The van der Waals surface area contributed by atoms with Crippen molar-refractivity contribution in [2.75, 3.05) is 6.61 Å². The summed E-state index contributed by atoms with van der Waals surface area (Å²) in [7, 11) is 0. The van der Waals surface area contributed by atoms with E-state index in [1.54, 1.807) is 24.3 Å². The van der Waals surface area contributed by atoms with Crippen LogP contribution in [0.15, 0.2) is 28.7 Å². The molecule has 1 unspecified atom stereocenters. The quantitative estimate of drug-likeness (QED) is 0.826. The van der Waals surface area contributed by atoms with E-state index in [0.717, 1.165) is 19.3 Å². The molecule has 5 heteroatoms. The van der Waals surface area contributed by atoms with Crippen molar-refractivity contribution in [3.63, 3.8) is 0 Å². The van der Waals surface area contributed by atoms with Gasteiger partial charge in [0.15, 0.2) is 12.1 Å². The van der Waals surface area contributed by atoms with Crippen LogP contribution in [-0.4, -0.2) is 24.8 Å². The molecule has 0 amide bonds. The first-order valence-electron chi connectivity index (χ1n) is 7.11. The zero-order valence-electron chi connectivity index (χ0n) is 11.5. The van der Waals surface area contributed by atoms with Gasteiger partial charge in [0.25, 0.3) is 0 Å². The summed E-state index contributed by atoms with van der Waals surface area (Å²) < 4.78 is 25.8. The van der Waals surface area contributed by atoms with E-state index in [0.29, 0.717) is 22.2 Å². The number of rotatable bonds is 3. The summed E-state index contributed by atoms with van der Waals surface area (Å²) in [6, 6.07) is 4.95. The van der Waals surface area contributed by atoms with Crippen LogP contribution in [0.1, 0.15) is 31.2 Å². The fourth-order valence-electron chi connectivity index (χ4n) is 2.68. The Balaban J connectivity index is 1.77. The summed E-state index contributed by atoms with van der Waals surface area (Å²) >= 11 is 3.14. The molecule has 1 aromatic carbocycles. The Bertz CT molecular complexity index is 579. The summed E-state index contributed by atoms with van der Waals surface area (Å²) in [5.41, 5.74) is 0.722. The minimum atomic E-state index is -0.410. The summed E-state index contributed by atoms with van der Waals surface area (Å²) in [5, 5.41) is 0. The SMILES string of the molecule is O=C1C[C@@H](OC2CCCCO2)C=C1c1cccc(Br)c1F. The minimum Gasteiger partial charge on any atom is -0.353 e. The molecule has 1 aromatic rings. The third-order valence-electron chi connectivity index (χ3n) is 3.75. The van der Waals surface area contributed by atoms with Crippen LogP contribution >= 0.6 is 15.9 Å². The molecule has 112 valence electrons. The van der Waals surface area contributed by atoms with Crippen molar-refractivity contribution < 1.29 is 18.7 Å². The molecule has 0 aromatic heterocycles. The lowest BCUT2D eigenvalue weighted by molar-refractivity contribution is -0.178. The number of allylic oxidation sites excluding steroid dienone is 1. The van der Waals surface area contributed by atoms with Crippen LogP contribution < -0.4 is 0 Å². The van der Waals surface area contributed by atoms with Gasteiger partial charge in [0.2, 0.25) is 0 Å². The molecule has 1 aliphatic carbocycles. The average Bonchev–Trinajstić information content (AvgIpc) is 2.83. The van der Waals surface area contributed by atoms with Gasteiger partial charge in [0.1, 0.15) is 5.82 Å². The molecular formula is C16H16BrFO3. The second-order valence-corrected chi connectivity index (χ2v) is 6.13. The second kappa shape index (κ2) is 6.38. The molecule has 2 atom stereocenters. The van der Waals surface area contributed by atoms with Crippen LogP contribution in [-0.2, 0) is 14.3 Å². The number of hydrogen-bond acceptors (Lipinski definition) is 3. The number of Topliss-reactive ketones (excluding diaryl/α,β-unsaturated/α-hetero) is 1. The highest BCUT2D eigenvalue weighted by atomic mass is 79.9. The highest BCUT2D eigenvalue weighted by molar-refractivity contribution is 9.10. The summed E-state index contributed by atoms with van der Waals surface area (Å²) in [6.07, 6.45) is 4.36. The monoisotopic (exact) mass is 354 g/mol. The van der Waals surface area contributed by atoms with Gasteiger partial charge in [-0.2, -0.15) is 0 Å². The van der Waals surface area contributed by atoms with E-state index in [2.05, 4.69) is 15.9 Å². The Morgan fingerprint density at radius 2 is 2.19 bits per heavy atom. The van der Waals surface area contributed by atoms with E-state index in [9.17, 15) is 9.18 Å². The lowest BCUT2D eigenvalue weighted by Gasteiger charge is -2.24. The Morgan fingerprint density at radius 3 is 2.95 bits per heavy atom. The highest BCUT2D eigenvalue weighted by Crippen LogP contribution is 2.32. The number of carbonyl (C=O) groups is 1. The maximum absolute atomic E-state index is 14.1. The number of ether oxygens (including phenoxy) is 2. The van der Waals surface area contributed by atoms with E-state index in [1.165, 1.54) is 0 Å². The fourth-order valence-corrected chi connectivity index (χ4v) is 3.05. The largest absolute Gasteiger partial charge is 0.353 e. The first-order valence-corrected chi connectivity index (χ1v) is 7.91. The van der Waals surface area contributed by atoms with Crippen molar-refractivity contribution in [1.29, 1.82) is 0 Å². The normalized spacial score (nSPS) is 26.0. The lowest BCUT2D eigenvalue weighted by atomic mass is 10.0. The molecule has 1 aliphatic heterocycles. The second-order valence-electron chi connectivity index (χ2n) is 5.28. The van der Waals surface area contributed by atoms with Crippen molar-refractivity contribution in [3.8, 4) is 0 Å². The molecule has 3 rings (SSSR count). The maximum atomic E-state index is 14.1. The summed E-state index contributed by atoms with van der Waals surface area (Å²) in [4.78, 5) is 12.1. The van der Waals surface area contributed by atoms with E-state index in [4.69, 9.17) is 9.47 Å². The smallest absolute Gasteiger partial charge is 0.166 e. The van der Waals surface area contributed by atoms with Crippen LogP contribution in [0, 0.1) is 5.82 Å². The first-order chi connectivity index (χ1) is 10.1. The Hall–Kier alpha value is -1.04. The number of benzene rings is 1. The van der Waals surface area contributed by atoms with Crippen molar-refractivity contribution >= 4 is 27.3 Å². The molecule has 21 heavy (non-hydrogen) atoms. The molecule has 1 heterocycles. The third-order valence-corrected chi connectivity index (χ3v) is 4.36. The van der Waals surface area contributed by atoms with Gasteiger partial charge in [-0.25, -0.2) is 4.39 Å². The number of hydrogen-bond donors (Lipinski definition) is 0. The number of ketones is 1. The number of halogens is 2. The summed E-state index contributed by atoms with van der Waals surface area (Å²) in [6.45, 7) is 0.697. The van der Waals surface area contributed by atoms with Gasteiger partial charge >= 0.3 is 0 Å². The van der Waals surface area contributed by atoms with E-state index < -0.39 is 5.82 Å². The van der Waals surface area contributed by atoms with E-state index >= 15 is 0 Å². The lowest BCUT2D eigenvalue weighted by Crippen LogP contribution is -2.26. The van der Waals surface area contributed by atoms with E-state index in [1.807, 2.05) is 0 Å². The topological polar surface area (TPSA) is 35.5 Å². The highest BCUT2D eigenvalue weighted by Gasteiger charge is 2.30. The fraction of sp³-hybridized carbons (Fsp3) is 0.438. The van der Waals surface area contributed by atoms with Crippen LogP contribution in [0.3, 0.4) is 0 Å². The molecule has 1 saturated heterocycles. The van der Waals surface area contributed by atoms with Crippen molar-refractivity contribution in [2.45, 2.75) is 38.1 Å². The Labute approximate surface area is 131 Å². The molecule has 1 fully saturated rings.